The van der Waals surface area contributed by atoms with Crippen molar-refractivity contribution < 1.29 is 4.79 Å². The number of rotatable bonds is 8. The topological polar surface area (TPSA) is 55.1 Å². The van der Waals surface area contributed by atoms with Crippen LogP contribution in [0.5, 0.6) is 0 Å². The van der Waals surface area contributed by atoms with E-state index in [1.807, 2.05) is 18.4 Å². The maximum Gasteiger partial charge on any atom is 0.237 e. The van der Waals surface area contributed by atoms with Crippen molar-refractivity contribution in [2.45, 2.75) is 52.1 Å². The van der Waals surface area contributed by atoms with Crippen LogP contribution in [0.1, 0.15) is 44.9 Å². The van der Waals surface area contributed by atoms with Crippen molar-refractivity contribution in [1.29, 1.82) is 0 Å². The van der Waals surface area contributed by atoms with E-state index in [2.05, 4.69) is 25.2 Å². The van der Waals surface area contributed by atoms with Crippen LogP contribution in [0.3, 0.4) is 0 Å². The molecule has 0 aliphatic carbocycles. The number of hydrogen-bond acceptors (Lipinski definition) is 3. The Balaban J connectivity index is 2.73. The number of thiophene rings is 1. The van der Waals surface area contributed by atoms with Crippen LogP contribution in [-0.4, -0.2) is 11.4 Å². The Bertz CT molecular complexity index is 364. The van der Waals surface area contributed by atoms with E-state index < -0.39 is 5.54 Å². The van der Waals surface area contributed by atoms with Crippen LogP contribution in [0.2, 0.25) is 0 Å². The van der Waals surface area contributed by atoms with Crippen molar-refractivity contribution in [3.63, 3.8) is 0 Å². The molecule has 4 heteroatoms. The summed E-state index contributed by atoms with van der Waals surface area (Å²) >= 11 is 1.70. The Morgan fingerprint density at radius 3 is 2.72 bits per heavy atom. The van der Waals surface area contributed by atoms with Gasteiger partial charge in [-0.1, -0.05) is 33.3 Å². The summed E-state index contributed by atoms with van der Waals surface area (Å²) in [6.07, 6.45) is 2.61. The second-order valence-electron chi connectivity index (χ2n) is 4.95. The van der Waals surface area contributed by atoms with Gasteiger partial charge in [-0.3, -0.25) is 10.1 Å². The highest BCUT2D eigenvalue weighted by Gasteiger charge is 2.35. The molecule has 102 valence electrons. The number of nitrogens with one attached hydrogen (secondary N) is 1. The van der Waals surface area contributed by atoms with Crippen molar-refractivity contribution >= 4 is 17.2 Å². The average molecular weight is 268 g/mol. The second-order valence-corrected chi connectivity index (χ2v) is 5.98. The average Bonchev–Trinajstić information content (AvgIpc) is 2.87. The fraction of sp³-hybridized carbons (Fsp3) is 0.643. The molecule has 0 saturated heterocycles. The van der Waals surface area contributed by atoms with Gasteiger partial charge in [0.1, 0.15) is 0 Å². The third-order valence-electron chi connectivity index (χ3n) is 3.65. The number of carbonyl (C=O) groups is 1. The van der Waals surface area contributed by atoms with Crippen molar-refractivity contribution in [2.24, 2.45) is 11.7 Å². The molecule has 18 heavy (non-hydrogen) atoms. The third-order valence-corrected chi connectivity index (χ3v) is 4.53. The molecule has 0 aliphatic rings. The SMILES string of the molecule is CCC(C)CC(CC)(NCc1cccs1)C(N)=O. The lowest BCUT2D eigenvalue weighted by Gasteiger charge is -2.33. The number of nitrogens with two attached hydrogens (primary N) is 1. The van der Waals surface area contributed by atoms with Gasteiger partial charge in [-0.15, -0.1) is 11.3 Å². The summed E-state index contributed by atoms with van der Waals surface area (Å²) in [5.74, 6) is 0.259. The number of amides is 1. The molecule has 0 aromatic carbocycles. The largest absolute Gasteiger partial charge is 0.368 e. The first kappa shape index (κ1) is 15.2. The van der Waals surface area contributed by atoms with Crippen LogP contribution in [0.25, 0.3) is 0 Å². The quantitative estimate of drug-likeness (QED) is 0.761. The van der Waals surface area contributed by atoms with E-state index in [-0.39, 0.29) is 5.91 Å². The summed E-state index contributed by atoms with van der Waals surface area (Å²) in [6.45, 7) is 7.05. The molecule has 1 heterocycles. The second kappa shape index (κ2) is 6.90. The molecule has 0 spiro atoms. The molecule has 1 aromatic heterocycles. The van der Waals surface area contributed by atoms with Crippen molar-refractivity contribution in [2.75, 3.05) is 0 Å². The van der Waals surface area contributed by atoms with Crippen molar-refractivity contribution in [3.8, 4) is 0 Å². The van der Waals surface area contributed by atoms with Gasteiger partial charge in [0.2, 0.25) is 5.91 Å². The smallest absolute Gasteiger partial charge is 0.237 e. The zero-order valence-corrected chi connectivity index (χ0v) is 12.3. The molecule has 1 aromatic rings. The Hall–Kier alpha value is -0.870. The van der Waals surface area contributed by atoms with Crippen LogP contribution < -0.4 is 11.1 Å². The minimum atomic E-state index is -0.570. The Kier molecular flexibility index (Phi) is 5.82. The van der Waals surface area contributed by atoms with Gasteiger partial charge in [0, 0.05) is 11.4 Å². The van der Waals surface area contributed by atoms with Gasteiger partial charge in [0.15, 0.2) is 0 Å². The summed E-state index contributed by atoms with van der Waals surface area (Å²) in [4.78, 5) is 13.1. The van der Waals surface area contributed by atoms with E-state index in [1.54, 1.807) is 11.3 Å². The van der Waals surface area contributed by atoms with Gasteiger partial charge in [0.05, 0.1) is 5.54 Å². The standard InChI is InChI=1S/C14H24N2OS/c1-4-11(3)9-14(5-2,13(15)17)16-10-12-7-6-8-18-12/h6-8,11,16H,4-5,9-10H2,1-3H3,(H2,15,17). The molecule has 1 rings (SSSR count). The summed E-state index contributed by atoms with van der Waals surface area (Å²) in [5, 5.41) is 5.43. The molecule has 2 atom stereocenters. The van der Waals surface area contributed by atoms with E-state index in [9.17, 15) is 4.79 Å². The predicted octanol–water partition coefficient (Wildman–Crippen LogP) is 2.91. The molecular weight excluding hydrogens is 244 g/mol. The van der Waals surface area contributed by atoms with Crippen LogP contribution in [0.4, 0.5) is 0 Å². The van der Waals surface area contributed by atoms with E-state index in [4.69, 9.17) is 5.73 Å². The normalized spacial score (nSPS) is 16.2. The minimum Gasteiger partial charge on any atom is -0.368 e. The summed E-state index contributed by atoms with van der Waals surface area (Å²) < 4.78 is 0. The van der Waals surface area contributed by atoms with E-state index in [1.165, 1.54) is 4.88 Å². The first-order chi connectivity index (χ1) is 8.54. The minimum absolute atomic E-state index is 0.234. The van der Waals surface area contributed by atoms with Crippen molar-refractivity contribution in [1.82, 2.24) is 5.32 Å². The fourth-order valence-electron chi connectivity index (χ4n) is 2.11. The van der Waals surface area contributed by atoms with E-state index in [0.717, 1.165) is 19.3 Å². The van der Waals surface area contributed by atoms with Crippen molar-refractivity contribution in [3.05, 3.63) is 22.4 Å². The molecular formula is C14H24N2OS. The maximum absolute atomic E-state index is 11.8. The lowest BCUT2D eigenvalue weighted by Crippen LogP contribution is -2.55. The molecule has 0 radical (unpaired) electrons. The first-order valence-corrected chi connectivity index (χ1v) is 7.49. The Labute approximate surface area is 114 Å². The van der Waals surface area contributed by atoms with Gasteiger partial charge in [-0.05, 0) is 30.2 Å². The van der Waals surface area contributed by atoms with Crippen LogP contribution in [-0.2, 0) is 11.3 Å². The summed E-state index contributed by atoms with van der Waals surface area (Å²) in [6, 6.07) is 4.09. The third kappa shape index (κ3) is 3.82. The molecule has 3 N–H and O–H groups in total. The molecule has 3 nitrogen and oxygen atoms in total. The van der Waals surface area contributed by atoms with E-state index >= 15 is 0 Å². The molecule has 0 fully saturated rings. The van der Waals surface area contributed by atoms with Crippen LogP contribution in [0.15, 0.2) is 17.5 Å². The molecule has 0 aliphatic heterocycles. The summed E-state index contributed by atoms with van der Waals surface area (Å²) in [5.41, 5.74) is 5.06. The number of primary amides is 1. The van der Waals surface area contributed by atoms with Crippen LogP contribution in [0, 0.1) is 5.92 Å². The molecule has 0 saturated carbocycles. The monoisotopic (exact) mass is 268 g/mol. The highest BCUT2D eigenvalue weighted by Crippen LogP contribution is 2.24. The molecule has 0 bridgehead atoms. The Morgan fingerprint density at radius 1 is 1.56 bits per heavy atom. The number of carbonyl (C=O) groups excluding carboxylic acids is 1. The highest BCUT2D eigenvalue weighted by atomic mass is 32.1. The van der Waals surface area contributed by atoms with Gasteiger partial charge >= 0.3 is 0 Å². The highest BCUT2D eigenvalue weighted by molar-refractivity contribution is 7.09. The predicted molar refractivity (Wildman–Crippen MR) is 77.4 cm³/mol. The maximum atomic E-state index is 11.8. The lowest BCUT2D eigenvalue weighted by atomic mass is 9.84. The fourth-order valence-corrected chi connectivity index (χ4v) is 2.76. The van der Waals surface area contributed by atoms with Crippen LogP contribution >= 0.6 is 11.3 Å². The van der Waals surface area contributed by atoms with E-state index in [0.29, 0.717) is 12.5 Å². The number of hydrogen-bond donors (Lipinski definition) is 2. The zero-order chi connectivity index (χ0) is 13.6. The molecule has 1 amide bonds. The zero-order valence-electron chi connectivity index (χ0n) is 11.5. The van der Waals surface area contributed by atoms with Gasteiger partial charge in [-0.25, -0.2) is 0 Å². The Morgan fingerprint density at radius 2 is 2.28 bits per heavy atom. The van der Waals surface area contributed by atoms with Gasteiger partial charge in [0.25, 0.3) is 0 Å². The first-order valence-electron chi connectivity index (χ1n) is 6.61. The lowest BCUT2D eigenvalue weighted by molar-refractivity contribution is -0.125. The molecule has 2 unspecified atom stereocenters. The summed E-state index contributed by atoms with van der Waals surface area (Å²) in [7, 11) is 0. The van der Waals surface area contributed by atoms with Gasteiger partial charge < -0.3 is 5.73 Å². The van der Waals surface area contributed by atoms with Gasteiger partial charge in [-0.2, -0.15) is 0 Å².